The molecule has 0 unspecified atom stereocenters. The number of hydrogen-bond donors (Lipinski definition) is 2. The number of aliphatic carboxylic acids is 1. The summed E-state index contributed by atoms with van der Waals surface area (Å²) >= 11 is 0. The predicted octanol–water partition coefficient (Wildman–Crippen LogP) is 1.22. The van der Waals surface area contributed by atoms with Gasteiger partial charge in [0.1, 0.15) is 6.04 Å². The summed E-state index contributed by atoms with van der Waals surface area (Å²) in [6.07, 6.45) is 0. The molecule has 1 fully saturated rings. The van der Waals surface area contributed by atoms with E-state index in [2.05, 4.69) is 24.1 Å². The van der Waals surface area contributed by atoms with Crippen LogP contribution in [0.25, 0.3) is 0 Å². The number of likely N-dealkylation sites (N-methyl/N-ethyl adjacent to an activating group) is 1. The molecule has 0 radical (unpaired) electrons. The Bertz CT molecular complexity index is 388. The van der Waals surface area contributed by atoms with Crippen molar-refractivity contribution in [1.82, 2.24) is 15.1 Å². The van der Waals surface area contributed by atoms with Crippen LogP contribution in [0.5, 0.6) is 0 Å². The fourth-order valence-electron chi connectivity index (χ4n) is 2.28. The Kier molecular flexibility index (Phi) is 4.69. The van der Waals surface area contributed by atoms with Crippen LogP contribution in [0.15, 0.2) is 0 Å². The van der Waals surface area contributed by atoms with Crippen molar-refractivity contribution >= 4 is 12.0 Å². The number of urea groups is 1. The Labute approximate surface area is 121 Å². The molecule has 0 bridgehead atoms. The lowest BCUT2D eigenvalue weighted by molar-refractivity contribution is -0.142. The van der Waals surface area contributed by atoms with Gasteiger partial charge in [0.2, 0.25) is 0 Å². The molecule has 6 nitrogen and oxygen atoms in total. The summed E-state index contributed by atoms with van der Waals surface area (Å²) in [7, 11) is 2.03. The Morgan fingerprint density at radius 2 is 1.80 bits per heavy atom. The number of amides is 2. The maximum absolute atomic E-state index is 12.3. The first-order valence-corrected chi connectivity index (χ1v) is 6.94. The van der Waals surface area contributed by atoms with Crippen molar-refractivity contribution in [2.45, 2.75) is 46.2 Å². The van der Waals surface area contributed by atoms with Gasteiger partial charge in [0.15, 0.2) is 0 Å². The van der Waals surface area contributed by atoms with Crippen LogP contribution < -0.4 is 5.32 Å². The number of rotatable bonds is 2. The summed E-state index contributed by atoms with van der Waals surface area (Å²) in [5.74, 6) is -1.00. The second-order valence-corrected chi connectivity index (χ2v) is 7.24. The maximum Gasteiger partial charge on any atom is 0.326 e. The number of carbonyl (C=O) groups is 2. The zero-order valence-electron chi connectivity index (χ0n) is 13.4. The minimum atomic E-state index is -1.00. The Hall–Kier alpha value is -1.30. The molecule has 0 aliphatic carbocycles. The van der Waals surface area contributed by atoms with Crippen LogP contribution in [-0.2, 0) is 4.79 Å². The maximum atomic E-state index is 12.3. The van der Waals surface area contributed by atoms with Crippen molar-refractivity contribution in [3.05, 3.63) is 0 Å². The molecular formula is C14H27N3O3. The molecule has 0 spiro atoms. The highest BCUT2D eigenvalue weighted by Crippen LogP contribution is 2.22. The average molecular weight is 285 g/mol. The molecule has 1 saturated heterocycles. The third-order valence-corrected chi connectivity index (χ3v) is 3.98. The Morgan fingerprint density at radius 3 is 2.20 bits per heavy atom. The van der Waals surface area contributed by atoms with E-state index < -0.39 is 17.4 Å². The first-order valence-electron chi connectivity index (χ1n) is 6.94. The SMILES string of the molecule is CN1CCN(C(=O)N[C@@H](C(=O)O)C(C)(C)C)CC1(C)C. The van der Waals surface area contributed by atoms with E-state index in [0.717, 1.165) is 6.54 Å². The first-order chi connectivity index (χ1) is 8.95. The molecule has 116 valence electrons. The summed E-state index contributed by atoms with van der Waals surface area (Å²) in [4.78, 5) is 27.5. The van der Waals surface area contributed by atoms with Crippen LogP contribution in [0.4, 0.5) is 4.79 Å². The van der Waals surface area contributed by atoms with Crippen molar-refractivity contribution in [2.24, 2.45) is 5.41 Å². The number of carboxylic acid groups (broad SMARTS) is 1. The molecule has 20 heavy (non-hydrogen) atoms. The monoisotopic (exact) mass is 285 g/mol. The number of nitrogens with one attached hydrogen (secondary N) is 1. The van der Waals surface area contributed by atoms with E-state index in [-0.39, 0.29) is 11.6 Å². The van der Waals surface area contributed by atoms with E-state index in [1.54, 1.807) is 25.7 Å². The van der Waals surface area contributed by atoms with Gasteiger partial charge in [0.25, 0.3) is 0 Å². The molecule has 0 aromatic heterocycles. The predicted molar refractivity (Wildman–Crippen MR) is 77.7 cm³/mol. The summed E-state index contributed by atoms with van der Waals surface area (Å²) < 4.78 is 0. The van der Waals surface area contributed by atoms with E-state index >= 15 is 0 Å². The van der Waals surface area contributed by atoms with Gasteiger partial charge >= 0.3 is 12.0 Å². The Balaban J connectivity index is 2.74. The second-order valence-electron chi connectivity index (χ2n) is 7.24. The van der Waals surface area contributed by atoms with E-state index in [1.807, 2.05) is 7.05 Å². The van der Waals surface area contributed by atoms with Gasteiger partial charge in [0.05, 0.1) is 0 Å². The van der Waals surface area contributed by atoms with Gasteiger partial charge in [-0.15, -0.1) is 0 Å². The molecule has 1 atom stereocenters. The standard InChI is InChI=1S/C14H27N3O3/c1-13(2,3)10(11(18)19)15-12(20)17-8-7-16(6)14(4,5)9-17/h10H,7-9H2,1-6H3,(H,15,20)(H,18,19)/t10-/m0/s1. The van der Waals surface area contributed by atoms with Gasteiger partial charge in [-0.2, -0.15) is 0 Å². The topological polar surface area (TPSA) is 72.9 Å². The largest absolute Gasteiger partial charge is 0.480 e. The van der Waals surface area contributed by atoms with Crippen LogP contribution >= 0.6 is 0 Å². The fraction of sp³-hybridized carbons (Fsp3) is 0.857. The zero-order valence-corrected chi connectivity index (χ0v) is 13.4. The van der Waals surface area contributed by atoms with Gasteiger partial charge < -0.3 is 15.3 Å². The van der Waals surface area contributed by atoms with Gasteiger partial charge in [-0.25, -0.2) is 9.59 Å². The molecule has 1 aliphatic rings. The molecule has 0 aromatic rings. The molecule has 6 heteroatoms. The number of hydrogen-bond acceptors (Lipinski definition) is 3. The molecule has 0 aromatic carbocycles. The van der Waals surface area contributed by atoms with Gasteiger partial charge in [-0.05, 0) is 26.3 Å². The third kappa shape index (κ3) is 3.85. The van der Waals surface area contributed by atoms with Gasteiger partial charge in [0, 0.05) is 25.2 Å². The van der Waals surface area contributed by atoms with Crippen molar-refractivity contribution in [3.63, 3.8) is 0 Å². The van der Waals surface area contributed by atoms with Crippen molar-refractivity contribution in [3.8, 4) is 0 Å². The number of nitrogens with zero attached hydrogens (tertiary/aromatic N) is 2. The van der Waals surface area contributed by atoms with Crippen LogP contribution in [0.1, 0.15) is 34.6 Å². The van der Waals surface area contributed by atoms with E-state index in [4.69, 9.17) is 0 Å². The molecule has 1 aliphatic heterocycles. The quantitative estimate of drug-likeness (QED) is 0.800. The normalized spacial score (nSPS) is 21.4. The van der Waals surface area contributed by atoms with Crippen LogP contribution in [0.3, 0.4) is 0 Å². The minimum Gasteiger partial charge on any atom is -0.480 e. The molecule has 1 rings (SSSR count). The first kappa shape index (κ1) is 16.8. The highest BCUT2D eigenvalue weighted by Gasteiger charge is 2.37. The molecule has 2 amide bonds. The zero-order chi connectivity index (χ0) is 15.7. The van der Waals surface area contributed by atoms with Crippen molar-refractivity contribution in [2.75, 3.05) is 26.7 Å². The highest BCUT2D eigenvalue weighted by molar-refractivity contribution is 5.83. The smallest absolute Gasteiger partial charge is 0.326 e. The summed E-state index contributed by atoms with van der Waals surface area (Å²) in [6.45, 7) is 11.6. The summed E-state index contributed by atoms with van der Waals surface area (Å²) in [5, 5.41) is 11.9. The van der Waals surface area contributed by atoms with Crippen LogP contribution in [-0.4, -0.2) is 65.2 Å². The Morgan fingerprint density at radius 1 is 1.25 bits per heavy atom. The van der Waals surface area contributed by atoms with Gasteiger partial charge in [-0.3, -0.25) is 4.90 Å². The number of carboxylic acids is 1. The highest BCUT2D eigenvalue weighted by atomic mass is 16.4. The van der Waals surface area contributed by atoms with E-state index in [0.29, 0.717) is 13.1 Å². The lowest BCUT2D eigenvalue weighted by Gasteiger charge is -2.45. The third-order valence-electron chi connectivity index (χ3n) is 3.98. The van der Waals surface area contributed by atoms with Crippen LogP contribution in [0, 0.1) is 5.41 Å². The molecule has 1 heterocycles. The number of piperazine rings is 1. The molecule has 2 N–H and O–H groups in total. The second kappa shape index (κ2) is 5.60. The fourth-order valence-corrected chi connectivity index (χ4v) is 2.28. The van der Waals surface area contributed by atoms with Crippen molar-refractivity contribution in [1.29, 1.82) is 0 Å². The lowest BCUT2D eigenvalue weighted by Crippen LogP contribution is -2.62. The van der Waals surface area contributed by atoms with Crippen LogP contribution in [0.2, 0.25) is 0 Å². The van der Waals surface area contributed by atoms with Crippen molar-refractivity contribution < 1.29 is 14.7 Å². The van der Waals surface area contributed by atoms with E-state index in [1.165, 1.54) is 0 Å². The van der Waals surface area contributed by atoms with E-state index in [9.17, 15) is 14.7 Å². The molecule has 0 saturated carbocycles. The minimum absolute atomic E-state index is 0.101. The lowest BCUT2D eigenvalue weighted by atomic mass is 9.87. The van der Waals surface area contributed by atoms with Gasteiger partial charge in [-0.1, -0.05) is 20.8 Å². The summed E-state index contributed by atoms with van der Waals surface area (Å²) in [6, 6.07) is -1.19. The molecular weight excluding hydrogens is 258 g/mol. The average Bonchev–Trinajstić information content (AvgIpc) is 2.27. The summed E-state index contributed by atoms with van der Waals surface area (Å²) in [5.41, 5.74) is -0.625. The number of carbonyl (C=O) groups excluding carboxylic acids is 1.